The van der Waals surface area contributed by atoms with Crippen LogP contribution in [0, 0.1) is 5.92 Å². The topological polar surface area (TPSA) is 69.7 Å². The summed E-state index contributed by atoms with van der Waals surface area (Å²) in [5.41, 5.74) is 1.47. The molecule has 0 bridgehead atoms. The average Bonchev–Trinajstić information content (AvgIpc) is 3.55. The molecule has 0 spiro atoms. The van der Waals surface area contributed by atoms with E-state index in [1.54, 1.807) is 44.8 Å². The van der Waals surface area contributed by atoms with Crippen LogP contribution >= 0.6 is 0 Å². The fourth-order valence-electron chi connectivity index (χ4n) is 3.76. The van der Waals surface area contributed by atoms with Crippen molar-refractivity contribution in [1.29, 1.82) is 0 Å². The van der Waals surface area contributed by atoms with E-state index in [2.05, 4.69) is 22.4 Å². The zero-order chi connectivity index (χ0) is 21.0. The molecule has 2 atom stereocenters. The van der Waals surface area contributed by atoms with Crippen LogP contribution in [0.15, 0.2) is 73.1 Å². The second-order valence-electron chi connectivity index (χ2n) is 7.31. The van der Waals surface area contributed by atoms with Gasteiger partial charge in [0.2, 0.25) is 5.91 Å². The Balaban J connectivity index is 1.53. The summed E-state index contributed by atoms with van der Waals surface area (Å²) in [6.07, 6.45) is 4.04. The largest absolute Gasteiger partial charge is 0.493 e. The summed E-state index contributed by atoms with van der Waals surface area (Å²) in [4.78, 5) is 16.9. The van der Waals surface area contributed by atoms with Crippen molar-refractivity contribution in [3.63, 3.8) is 0 Å². The summed E-state index contributed by atoms with van der Waals surface area (Å²) in [5, 5.41) is 2.99. The summed E-state index contributed by atoms with van der Waals surface area (Å²) < 4.78 is 16.8. The van der Waals surface area contributed by atoms with Gasteiger partial charge in [-0.1, -0.05) is 30.3 Å². The minimum absolute atomic E-state index is 0.0130. The maximum atomic E-state index is 12.9. The molecule has 1 amide bonds. The maximum Gasteiger partial charge on any atom is 0.228 e. The van der Waals surface area contributed by atoms with Crippen LogP contribution in [0.4, 0.5) is 5.69 Å². The van der Waals surface area contributed by atoms with Gasteiger partial charge in [-0.25, -0.2) is 0 Å². The van der Waals surface area contributed by atoms with Gasteiger partial charge in [0.25, 0.3) is 0 Å². The van der Waals surface area contributed by atoms with E-state index in [-0.39, 0.29) is 17.2 Å². The Morgan fingerprint density at radius 3 is 2.47 bits per heavy atom. The molecule has 1 fully saturated rings. The van der Waals surface area contributed by atoms with Gasteiger partial charge in [0.05, 0.1) is 26.7 Å². The van der Waals surface area contributed by atoms with Crippen LogP contribution in [0.25, 0.3) is 0 Å². The number of hydrogen-bond donors (Lipinski definition) is 1. The standard InChI is InChI=1S/C24H24N2O4/c1-28-21-9-8-19(14-22(21)29-2)30-16-24(17-6-4-3-5-7-17)15-20(24)23(27)26-18-10-12-25-13-11-18/h3-14,20H,15-16H2,1-2H3,(H,25,26,27)/t20-,24+/m0/s1. The number of amides is 1. The number of carbonyl (C=O) groups excluding carboxylic acids is 1. The third kappa shape index (κ3) is 3.94. The minimum atomic E-state index is -0.370. The number of nitrogens with zero attached hydrogens (tertiary/aromatic N) is 1. The van der Waals surface area contributed by atoms with Crippen LogP contribution in [-0.4, -0.2) is 31.7 Å². The van der Waals surface area contributed by atoms with Crippen molar-refractivity contribution >= 4 is 11.6 Å². The van der Waals surface area contributed by atoms with Crippen LogP contribution in [0.2, 0.25) is 0 Å². The maximum absolute atomic E-state index is 12.9. The van der Waals surface area contributed by atoms with E-state index >= 15 is 0 Å². The molecule has 1 heterocycles. The molecule has 30 heavy (non-hydrogen) atoms. The number of carbonyl (C=O) groups is 1. The van der Waals surface area contributed by atoms with Crippen LogP contribution in [0.1, 0.15) is 12.0 Å². The van der Waals surface area contributed by atoms with Crippen LogP contribution in [0.5, 0.6) is 17.2 Å². The van der Waals surface area contributed by atoms with Crippen molar-refractivity contribution in [3.8, 4) is 17.2 Å². The van der Waals surface area contributed by atoms with Gasteiger partial charge < -0.3 is 19.5 Å². The van der Waals surface area contributed by atoms with Crippen LogP contribution in [0.3, 0.4) is 0 Å². The number of aromatic nitrogens is 1. The molecule has 1 aliphatic carbocycles. The van der Waals surface area contributed by atoms with E-state index < -0.39 is 0 Å². The lowest BCUT2D eigenvalue weighted by molar-refractivity contribution is -0.117. The molecule has 4 rings (SSSR count). The fourth-order valence-corrected chi connectivity index (χ4v) is 3.76. The molecule has 3 aromatic rings. The lowest BCUT2D eigenvalue weighted by Crippen LogP contribution is -2.26. The molecule has 154 valence electrons. The van der Waals surface area contributed by atoms with Crippen molar-refractivity contribution in [1.82, 2.24) is 4.98 Å². The van der Waals surface area contributed by atoms with Crippen LogP contribution in [-0.2, 0) is 10.2 Å². The molecule has 6 heteroatoms. The number of ether oxygens (including phenoxy) is 3. The number of benzene rings is 2. The Morgan fingerprint density at radius 1 is 1.03 bits per heavy atom. The number of rotatable bonds is 8. The molecule has 0 saturated heterocycles. The van der Waals surface area contributed by atoms with Gasteiger partial charge in [-0.15, -0.1) is 0 Å². The highest BCUT2D eigenvalue weighted by molar-refractivity contribution is 5.96. The van der Waals surface area contributed by atoms with E-state index in [0.717, 1.165) is 17.7 Å². The summed E-state index contributed by atoms with van der Waals surface area (Å²) in [7, 11) is 3.19. The number of pyridine rings is 1. The second-order valence-corrected chi connectivity index (χ2v) is 7.31. The Hall–Kier alpha value is -3.54. The van der Waals surface area contributed by atoms with Crippen molar-refractivity contribution < 1.29 is 19.0 Å². The first-order valence-corrected chi connectivity index (χ1v) is 9.77. The monoisotopic (exact) mass is 404 g/mol. The Kier molecular flexibility index (Phi) is 5.57. The molecular formula is C24H24N2O4. The van der Waals surface area contributed by atoms with E-state index in [1.165, 1.54) is 0 Å². The second kappa shape index (κ2) is 8.45. The van der Waals surface area contributed by atoms with E-state index in [1.807, 2.05) is 30.3 Å². The highest BCUT2D eigenvalue weighted by Crippen LogP contribution is 2.55. The van der Waals surface area contributed by atoms with Gasteiger partial charge in [0.1, 0.15) is 5.75 Å². The van der Waals surface area contributed by atoms with Crippen molar-refractivity contribution in [2.45, 2.75) is 11.8 Å². The zero-order valence-electron chi connectivity index (χ0n) is 17.0. The van der Waals surface area contributed by atoms with Crippen molar-refractivity contribution in [2.75, 3.05) is 26.1 Å². The zero-order valence-corrected chi connectivity index (χ0v) is 17.0. The smallest absolute Gasteiger partial charge is 0.228 e. The Labute approximate surface area is 175 Å². The van der Waals surface area contributed by atoms with E-state index in [9.17, 15) is 4.79 Å². The number of nitrogens with one attached hydrogen (secondary N) is 1. The third-order valence-corrected chi connectivity index (χ3v) is 5.54. The first-order valence-electron chi connectivity index (χ1n) is 9.77. The molecule has 0 aliphatic heterocycles. The predicted octanol–water partition coefficient (Wildman–Crippen LogP) is 4.07. The minimum Gasteiger partial charge on any atom is -0.493 e. The van der Waals surface area contributed by atoms with Gasteiger partial charge in [0, 0.05) is 29.6 Å². The highest BCUT2D eigenvalue weighted by atomic mass is 16.5. The Morgan fingerprint density at radius 2 is 1.77 bits per heavy atom. The lowest BCUT2D eigenvalue weighted by Gasteiger charge is -2.20. The lowest BCUT2D eigenvalue weighted by atomic mass is 9.93. The molecule has 2 aromatic carbocycles. The SMILES string of the molecule is COc1ccc(OC[C@@]2(c3ccccc3)C[C@H]2C(=O)Nc2ccncc2)cc1OC. The summed E-state index contributed by atoms with van der Waals surface area (Å²) in [6.45, 7) is 0.390. The van der Waals surface area contributed by atoms with Gasteiger partial charge >= 0.3 is 0 Å². The molecule has 1 saturated carbocycles. The number of methoxy groups -OCH3 is 2. The summed E-state index contributed by atoms with van der Waals surface area (Å²) in [5.74, 6) is 1.73. The van der Waals surface area contributed by atoms with Gasteiger partial charge in [0.15, 0.2) is 11.5 Å². The first-order chi connectivity index (χ1) is 14.7. The molecule has 6 nitrogen and oxygen atoms in total. The van der Waals surface area contributed by atoms with Gasteiger partial charge in [-0.2, -0.15) is 0 Å². The molecule has 1 aliphatic rings. The third-order valence-electron chi connectivity index (χ3n) is 5.54. The van der Waals surface area contributed by atoms with Gasteiger partial charge in [-0.3, -0.25) is 9.78 Å². The van der Waals surface area contributed by atoms with Crippen molar-refractivity contribution in [3.05, 3.63) is 78.6 Å². The summed E-state index contributed by atoms with van der Waals surface area (Å²) >= 11 is 0. The average molecular weight is 404 g/mol. The van der Waals surface area contributed by atoms with Crippen LogP contribution < -0.4 is 19.5 Å². The number of hydrogen-bond acceptors (Lipinski definition) is 5. The van der Waals surface area contributed by atoms with Gasteiger partial charge in [-0.05, 0) is 36.2 Å². The fraction of sp³-hybridized carbons (Fsp3) is 0.250. The molecule has 1 aromatic heterocycles. The highest BCUT2D eigenvalue weighted by Gasteiger charge is 2.60. The molecular weight excluding hydrogens is 380 g/mol. The predicted molar refractivity (Wildman–Crippen MR) is 114 cm³/mol. The number of anilines is 1. The normalized spacial score (nSPS) is 19.6. The summed E-state index contributed by atoms with van der Waals surface area (Å²) in [6, 6.07) is 19.1. The quantitative estimate of drug-likeness (QED) is 0.613. The van der Waals surface area contributed by atoms with E-state index in [4.69, 9.17) is 14.2 Å². The molecule has 1 N–H and O–H groups in total. The van der Waals surface area contributed by atoms with E-state index in [0.29, 0.717) is 23.9 Å². The van der Waals surface area contributed by atoms with Crippen molar-refractivity contribution in [2.24, 2.45) is 5.92 Å². The first kappa shape index (κ1) is 19.8. The Bertz CT molecular complexity index is 1010. The molecule has 0 unspecified atom stereocenters. The molecule has 0 radical (unpaired) electrons.